The Morgan fingerprint density at radius 2 is 1.86 bits per heavy atom. The molecule has 1 aliphatic rings. The zero-order valence-corrected chi connectivity index (χ0v) is 17.6. The number of amides is 1. The van der Waals surface area contributed by atoms with Crippen molar-refractivity contribution >= 4 is 6.09 Å². The van der Waals surface area contributed by atoms with Gasteiger partial charge in [-0.15, -0.1) is 0 Å². The second-order valence-corrected chi connectivity index (χ2v) is 7.78. The number of hydrogen-bond donors (Lipinski definition) is 0. The maximum atomic E-state index is 12.0. The molecule has 0 radical (unpaired) electrons. The molecule has 3 rings (SSSR count). The standard InChI is InChI=1S/C24H31NO4/c1-24(15-16-25(2)23(26)29-24)20-13-14-21(27-3)22(18-20)28-17-9-5-8-12-19-10-6-4-7-11-19/h4,6-7,10-11,13-14,18H,5,8-9,12,15-17H2,1-3H3. The maximum Gasteiger partial charge on any atom is 0.410 e. The first-order valence-corrected chi connectivity index (χ1v) is 10.3. The molecule has 1 aliphatic heterocycles. The second kappa shape index (κ2) is 9.68. The Kier molecular flexibility index (Phi) is 7.02. The smallest absolute Gasteiger partial charge is 0.410 e. The van der Waals surface area contributed by atoms with Crippen molar-refractivity contribution in [3.8, 4) is 11.5 Å². The molecule has 2 aromatic carbocycles. The van der Waals surface area contributed by atoms with Crippen LogP contribution < -0.4 is 9.47 Å². The number of unbranched alkanes of at least 4 members (excludes halogenated alkanes) is 2. The molecule has 1 amide bonds. The fraction of sp³-hybridized carbons (Fsp3) is 0.458. The van der Waals surface area contributed by atoms with Gasteiger partial charge in [0.05, 0.1) is 13.7 Å². The summed E-state index contributed by atoms with van der Waals surface area (Å²) in [5.41, 5.74) is 1.66. The van der Waals surface area contributed by atoms with E-state index in [-0.39, 0.29) is 6.09 Å². The molecular weight excluding hydrogens is 366 g/mol. The lowest BCUT2D eigenvalue weighted by molar-refractivity contribution is -0.0352. The lowest BCUT2D eigenvalue weighted by Gasteiger charge is -2.37. The van der Waals surface area contributed by atoms with Crippen molar-refractivity contribution in [3.63, 3.8) is 0 Å². The van der Waals surface area contributed by atoms with Crippen LogP contribution in [0.2, 0.25) is 0 Å². The van der Waals surface area contributed by atoms with Crippen LogP contribution in [0.25, 0.3) is 0 Å². The number of cyclic esters (lactones) is 1. The van der Waals surface area contributed by atoms with Crippen LogP contribution in [0, 0.1) is 0 Å². The first-order chi connectivity index (χ1) is 14.0. The molecule has 5 heteroatoms. The largest absolute Gasteiger partial charge is 0.493 e. The highest BCUT2D eigenvalue weighted by atomic mass is 16.6. The summed E-state index contributed by atoms with van der Waals surface area (Å²) >= 11 is 0. The van der Waals surface area contributed by atoms with Crippen LogP contribution in [0.15, 0.2) is 48.5 Å². The van der Waals surface area contributed by atoms with Crippen LogP contribution in [-0.4, -0.2) is 38.3 Å². The zero-order chi connectivity index (χ0) is 20.7. The molecule has 5 nitrogen and oxygen atoms in total. The number of carbonyl (C=O) groups excluding carboxylic acids is 1. The van der Waals surface area contributed by atoms with Crippen molar-refractivity contribution in [2.45, 2.75) is 44.6 Å². The van der Waals surface area contributed by atoms with Gasteiger partial charge in [0.25, 0.3) is 0 Å². The van der Waals surface area contributed by atoms with Crippen LogP contribution in [-0.2, 0) is 16.8 Å². The Balaban J connectivity index is 1.54. The predicted octanol–water partition coefficient (Wildman–Crippen LogP) is 5.17. The number of hydrogen-bond acceptors (Lipinski definition) is 4. The van der Waals surface area contributed by atoms with Crippen LogP contribution in [0.3, 0.4) is 0 Å². The molecule has 2 aromatic rings. The third-order valence-corrected chi connectivity index (χ3v) is 5.53. The van der Waals surface area contributed by atoms with Gasteiger partial charge in [-0.3, -0.25) is 0 Å². The first-order valence-electron chi connectivity index (χ1n) is 10.3. The summed E-state index contributed by atoms with van der Waals surface area (Å²) in [4.78, 5) is 13.6. The lowest BCUT2D eigenvalue weighted by Crippen LogP contribution is -2.44. The van der Waals surface area contributed by atoms with Gasteiger partial charge in [-0.05, 0) is 55.9 Å². The van der Waals surface area contributed by atoms with Gasteiger partial charge in [-0.1, -0.05) is 36.4 Å². The molecular formula is C24H31NO4. The van der Waals surface area contributed by atoms with Crippen molar-refractivity contribution in [2.24, 2.45) is 0 Å². The van der Waals surface area contributed by atoms with Gasteiger partial charge in [0.15, 0.2) is 11.5 Å². The SMILES string of the molecule is COc1ccc(C2(C)CCN(C)C(=O)O2)cc1OCCCCCc1ccccc1. The van der Waals surface area contributed by atoms with Crippen LogP contribution in [0.1, 0.15) is 43.7 Å². The normalized spacial score (nSPS) is 19.0. The van der Waals surface area contributed by atoms with E-state index in [0.717, 1.165) is 37.7 Å². The number of aryl methyl sites for hydroxylation is 1. The summed E-state index contributed by atoms with van der Waals surface area (Å²) in [5.74, 6) is 1.39. The van der Waals surface area contributed by atoms with E-state index in [1.54, 1.807) is 19.1 Å². The molecule has 0 bridgehead atoms. The Morgan fingerprint density at radius 1 is 1.07 bits per heavy atom. The molecule has 0 spiro atoms. The van der Waals surface area contributed by atoms with E-state index >= 15 is 0 Å². The molecule has 0 aliphatic carbocycles. The van der Waals surface area contributed by atoms with E-state index in [2.05, 4.69) is 24.3 Å². The van der Waals surface area contributed by atoms with Crippen molar-refractivity contribution in [3.05, 3.63) is 59.7 Å². The van der Waals surface area contributed by atoms with E-state index in [4.69, 9.17) is 14.2 Å². The van der Waals surface area contributed by atoms with E-state index in [1.165, 1.54) is 5.56 Å². The average molecular weight is 398 g/mol. The molecule has 0 saturated carbocycles. The molecule has 156 valence electrons. The van der Waals surface area contributed by atoms with Gasteiger partial charge >= 0.3 is 6.09 Å². The molecule has 1 atom stereocenters. The van der Waals surface area contributed by atoms with E-state index < -0.39 is 5.60 Å². The summed E-state index contributed by atoms with van der Waals surface area (Å²) in [5, 5.41) is 0. The molecule has 1 saturated heterocycles. The molecule has 1 fully saturated rings. The monoisotopic (exact) mass is 397 g/mol. The molecule has 29 heavy (non-hydrogen) atoms. The molecule has 1 unspecified atom stereocenters. The van der Waals surface area contributed by atoms with Crippen molar-refractivity contribution in [1.29, 1.82) is 0 Å². The van der Waals surface area contributed by atoms with E-state index in [9.17, 15) is 4.79 Å². The fourth-order valence-electron chi connectivity index (χ4n) is 3.55. The van der Waals surface area contributed by atoms with Gasteiger partial charge in [-0.2, -0.15) is 0 Å². The lowest BCUT2D eigenvalue weighted by atomic mass is 9.90. The molecule has 0 aromatic heterocycles. The average Bonchev–Trinajstić information content (AvgIpc) is 2.74. The highest BCUT2D eigenvalue weighted by Crippen LogP contribution is 2.38. The third-order valence-electron chi connectivity index (χ3n) is 5.53. The van der Waals surface area contributed by atoms with Gasteiger partial charge in [-0.25, -0.2) is 4.79 Å². The minimum Gasteiger partial charge on any atom is -0.493 e. The Bertz CT molecular complexity index is 808. The Labute approximate surface area is 173 Å². The Morgan fingerprint density at radius 3 is 2.59 bits per heavy atom. The number of methoxy groups -OCH3 is 1. The minimum atomic E-state index is -0.649. The van der Waals surface area contributed by atoms with Gasteiger partial charge in [0.1, 0.15) is 5.60 Å². The summed E-state index contributed by atoms with van der Waals surface area (Å²) in [6, 6.07) is 16.3. The van der Waals surface area contributed by atoms with Gasteiger partial charge in [0, 0.05) is 20.0 Å². The number of nitrogens with zero attached hydrogens (tertiary/aromatic N) is 1. The third kappa shape index (κ3) is 5.43. The number of ether oxygens (including phenoxy) is 3. The van der Waals surface area contributed by atoms with Crippen molar-refractivity contribution < 1.29 is 19.0 Å². The van der Waals surface area contributed by atoms with Crippen LogP contribution in [0.4, 0.5) is 4.79 Å². The second-order valence-electron chi connectivity index (χ2n) is 7.78. The van der Waals surface area contributed by atoms with Crippen molar-refractivity contribution in [2.75, 3.05) is 27.3 Å². The molecule has 0 N–H and O–H groups in total. The Hall–Kier alpha value is -2.69. The number of carbonyl (C=O) groups is 1. The van der Waals surface area contributed by atoms with Gasteiger partial charge in [0.2, 0.25) is 0 Å². The summed E-state index contributed by atoms with van der Waals surface area (Å²) < 4.78 is 17.2. The highest BCUT2D eigenvalue weighted by molar-refractivity contribution is 5.69. The van der Waals surface area contributed by atoms with Crippen LogP contribution >= 0.6 is 0 Å². The zero-order valence-electron chi connectivity index (χ0n) is 17.6. The summed E-state index contributed by atoms with van der Waals surface area (Å²) in [6.45, 7) is 3.25. The summed E-state index contributed by atoms with van der Waals surface area (Å²) in [6.07, 6.45) is 4.77. The topological polar surface area (TPSA) is 48.0 Å². The van der Waals surface area contributed by atoms with Gasteiger partial charge < -0.3 is 19.1 Å². The number of rotatable bonds is 9. The maximum absolute atomic E-state index is 12.0. The first kappa shape index (κ1) is 21.0. The van der Waals surface area contributed by atoms with E-state index in [0.29, 0.717) is 24.7 Å². The number of benzene rings is 2. The van der Waals surface area contributed by atoms with Crippen molar-refractivity contribution in [1.82, 2.24) is 4.90 Å². The molecule has 1 heterocycles. The van der Waals surface area contributed by atoms with E-state index in [1.807, 2.05) is 31.2 Å². The van der Waals surface area contributed by atoms with Crippen LogP contribution in [0.5, 0.6) is 11.5 Å². The minimum absolute atomic E-state index is 0.296. The summed E-state index contributed by atoms with van der Waals surface area (Å²) in [7, 11) is 3.39. The quantitative estimate of drug-likeness (QED) is 0.548. The highest BCUT2D eigenvalue weighted by Gasteiger charge is 2.37. The predicted molar refractivity (Wildman–Crippen MR) is 114 cm³/mol. The fourth-order valence-corrected chi connectivity index (χ4v) is 3.55.